The summed E-state index contributed by atoms with van der Waals surface area (Å²) in [7, 11) is 0. The molecule has 0 aromatic carbocycles. The molecule has 1 heterocycles. The number of ether oxygens (including phenoxy) is 1. The molecule has 0 saturated carbocycles. The SMILES string of the molecule is CCNc1ncnc(OC(C)C(F)(F)F)c1C. The van der Waals surface area contributed by atoms with Gasteiger partial charge in [0.05, 0.1) is 5.56 Å². The van der Waals surface area contributed by atoms with Crippen LogP contribution in [0.4, 0.5) is 19.0 Å². The van der Waals surface area contributed by atoms with E-state index in [0.717, 1.165) is 6.92 Å². The van der Waals surface area contributed by atoms with Crippen molar-refractivity contribution in [1.82, 2.24) is 9.97 Å². The quantitative estimate of drug-likeness (QED) is 0.890. The zero-order valence-corrected chi connectivity index (χ0v) is 9.80. The van der Waals surface area contributed by atoms with Crippen LogP contribution in [0.2, 0.25) is 0 Å². The van der Waals surface area contributed by atoms with Crippen LogP contribution in [0.15, 0.2) is 6.33 Å². The third-order valence-corrected chi connectivity index (χ3v) is 2.13. The smallest absolute Gasteiger partial charge is 0.425 e. The number of alkyl halides is 3. The second-order valence-corrected chi connectivity index (χ2v) is 3.48. The van der Waals surface area contributed by atoms with Gasteiger partial charge in [0, 0.05) is 6.54 Å². The second kappa shape index (κ2) is 5.20. The lowest BCUT2D eigenvalue weighted by molar-refractivity contribution is -0.190. The first kappa shape index (κ1) is 13.5. The first-order chi connectivity index (χ1) is 7.86. The summed E-state index contributed by atoms with van der Waals surface area (Å²) in [6.45, 7) is 5.03. The Balaban J connectivity index is 2.88. The summed E-state index contributed by atoms with van der Waals surface area (Å²) < 4.78 is 41.8. The maximum absolute atomic E-state index is 12.3. The van der Waals surface area contributed by atoms with Gasteiger partial charge in [-0.2, -0.15) is 13.2 Å². The molecule has 4 nitrogen and oxygen atoms in total. The molecule has 0 bridgehead atoms. The molecule has 96 valence electrons. The van der Waals surface area contributed by atoms with E-state index in [4.69, 9.17) is 4.74 Å². The van der Waals surface area contributed by atoms with Gasteiger partial charge in [-0.25, -0.2) is 9.97 Å². The van der Waals surface area contributed by atoms with Crippen LogP contribution in [0.25, 0.3) is 0 Å². The highest BCUT2D eigenvalue weighted by molar-refractivity contribution is 5.47. The van der Waals surface area contributed by atoms with Gasteiger partial charge < -0.3 is 10.1 Å². The minimum Gasteiger partial charge on any atom is -0.465 e. The molecule has 1 atom stereocenters. The van der Waals surface area contributed by atoms with Crippen LogP contribution in [-0.4, -0.2) is 28.8 Å². The molecular formula is C10H14F3N3O. The van der Waals surface area contributed by atoms with Crippen LogP contribution >= 0.6 is 0 Å². The molecular weight excluding hydrogens is 235 g/mol. The Kier molecular flexibility index (Phi) is 4.14. The van der Waals surface area contributed by atoms with Crippen molar-refractivity contribution >= 4 is 5.82 Å². The van der Waals surface area contributed by atoms with Gasteiger partial charge in [-0.15, -0.1) is 0 Å². The van der Waals surface area contributed by atoms with Gasteiger partial charge in [0.1, 0.15) is 12.1 Å². The maximum atomic E-state index is 12.3. The van der Waals surface area contributed by atoms with Crippen molar-refractivity contribution in [2.75, 3.05) is 11.9 Å². The number of nitrogens with zero attached hydrogens (tertiary/aromatic N) is 2. The van der Waals surface area contributed by atoms with Crippen LogP contribution in [-0.2, 0) is 0 Å². The molecule has 0 fully saturated rings. The molecule has 1 rings (SSSR count). The Bertz CT molecular complexity index is 382. The maximum Gasteiger partial charge on any atom is 0.425 e. The zero-order chi connectivity index (χ0) is 13.1. The average molecular weight is 249 g/mol. The van der Waals surface area contributed by atoms with E-state index in [-0.39, 0.29) is 5.88 Å². The summed E-state index contributed by atoms with van der Waals surface area (Å²) in [6, 6.07) is 0. The predicted octanol–water partition coefficient (Wildman–Crippen LogP) is 2.55. The van der Waals surface area contributed by atoms with Crippen molar-refractivity contribution in [3.63, 3.8) is 0 Å². The highest BCUT2D eigenvalue weighted by atomic mass is 19.4. The van der Waals surface area contributed by atoms with Crippen molar-refractivity contribution in [2.24, 2.45) is 0 Å². The molecule has 7 heteroatoms. The van der Waals surface area contributed by atoms with E-state index >= 15 is 0 Å². The van der Waals surface area contributed by atoms with Crippen LogP contribution in [0.3, 0.4) is 0 Å². The van der Waals surface area contributed by atoms with Crippen LogP contribution in [0, 0.1) is 6.92 Å². The van der Waals surface area contributed by atoms with E-state index in [2.05, 4.69) is 15.3 Å². The Labute approximate surface area is 97.2 Å². The second-order valence-electron chi connectivity index (χ2n) is 3.48. The van der Waals surface area contributed by atoms with Gasteiger partial charge in [0.25, 0.3) is 0 Å². The topological polar surface area (TPSA) is 47.0 Å². The van der Waals surface area contributed by atoms with E-state index in [1.807, 2.05) is 6.92 Å². The number of hydrogen-bond donors (Lipinski definition) is 1. The van der Waals surface area contributed by atoms with Crippen molar-refractivity contribution in [3.8, 4) is 5.88 Å². The van der Waals surface area contributed by atoms with Gasteiger partial charge in [-0.3, -0.25) is 0 Å². The lowest BCUT2D eigenvalue weighted by atomic mass is 10.3. The van der Waals surface area contributed by atoms with E-state index in [1.165, 1.54) is 6.33 Å². The molecule has 1 unspecified atom stereocenters. The van der Waals surface area contributed by atoms with Crippen molar-refractivity contribution in [1.29, 1.82) is 0 Å². The molecule has 0 aliphatic heterocycles. The van der Waals surface area contributed by atoms with E-state index < -0.39 is 12.3 Å². The first-order valence-corrected chi connectivity index (χ1v) is 5.15. The van der Waals surface area contributed by atoms with Gasteiger partial charge >= 0.3 is 6.18 Å². The lowest BCUT2D eigenvalue weighted by Crippen LogP contribution is -2.31. The molecule has 0 radical (unpaired) electrons. The lowest BCUT2D eigenvalue weighted by Gasteiger charge is -2.18. The zero-order valence-electron chi connectivity index (χ0n) is 9.80. The van der Waals surface area contributed by atoms with Crippen molar-refractivity contribution < 1.29 is 17.9 Å². The standard InChI is InChI=1S/C10H14F3N3O/c1-4-14-8-6(2)9(16-5-15-8)17-7(3)10(11,12)13/h5,7H,4H2,1-3H3,(H,14,15,16). The van der Waals surface area contributed by atoms with E-state index in [0.29, 0.717) is 17.9 Å². The van der Waals surface area contributed by atoms with Gasteiger partial charge in [0.2, 0.25) is 5.88 Å². The normalized spacial score (nSPS) is 13.3. The van der Waals surface area contributed by atoms with E-state index in [1.54, 1.807) is 6.92 Å². The van der Waals surface area contributed by atoms with E-state index in [9.17, 15) is 13.2 Å². The summed E-state index contributed by atoms with van der Waals surface area (Å²) in [5, 5.41) is 2.92. The van der Waals surface area contributed by atoms with Crippen LogP contribution < -0.4 is 10.1 Å². The number of nitrogens with one attached hydrogen (secondary N) is 1. The Morgan fingerprint density at radius 3 is 2.59 bits per heavy atom. The van der Waals surface area contributed by atoms with Crippen molar-refractivity contribution in [3.05, 3.63) is 11.9 Å². The monoisotopic (exact) mass is 249 g/mol. The fraction of sp³-hybridized carbons (Fsp3) is 0.600. The van der Waals surface area contributed by atoms with Crippen molar-refractivity contribution in [2.45, 2.75) is 33.1 Å². The summed E-state index contributed by atoms with van der Waals surface area (Å²) >= 11 is 0. The number of rotatable bonds is 4. The molecule has 0 spiro atoms. The number of anilines is 1. The van der Waals surface area contributed by atoms with Crippen LogP contribution in [0.5, 0.6) is 5.88 Å². The molecule has 0 amide bonds. The first-order valence-electron chi connectivity index (χ1n) is 5.15. The molecule has 0 aliphatic rings. The average Bonchev–Trinajstić information content (AvgIpc) is 2.22. The molecule has 1 aromatic heterocycles. The minimum atomic E-state index is -4.41. The summed E-state index contributed by atoms with van der Waals surface area (Å²) in [5.41, 5.74) is 0.463. The minimum absolute atomic E-state index is 0.0548. The third-order valence-electron chi connectivity index (χ3n) is 2.13. The Hall–Kier alpha value is -1.53. The Morgan fingerprint density at radius 2 is 2.06 bits per heavy atom. The highest BCUT2D eigenvalue weighted by Crippen LogP contribution is 2.27. The molecule has 1 N–H and O–H groups in total. The summed E-state index contributed by atoms with van der Waals surface area (Å²) in [5.74, 6) is 0.424. The molecule has 17 heavy (non-hydrogen) atoms. The molecule has 0 aliphatic carbocycles. The number of hydrogen-bond acceptors (Lipinski definition) is 4. The molecule has 1 aromatic rings. The largest absolute Gasteiger partial charge is 0.465 e. The fourth-order valence-electron chi connectivity index (χ4n) is 1.13. The van der Waals surface area contributed by atoms with Crippen LogP contribution in [0.1, 0.15) is 19.4 Å². The summed E-state index contributed by atoms with van der Waals surface area (Å²) in [4.78, 5) is 7.62. The predicted molar refractivity (Wildman–Crippen MR) is 57.1 cm³/mol. The highest BCUT2D eigenvalue weighted by Gasteiger charge is 2.38. The third kappa shape index (κ3) is 3.47. The van der Waals surface area contributed by atoms with Gasteiger partial charge in [-0.1, -0.05) is 0 Å². The summed E-state index contributed by atoms with van der Waals surface area (Å²) in [6.07, 6.45) is -5.13. The fourth-order valence-corrected chi connectivity index (χ4v) is 1.13. The number of halogens is 3. The molecule has 0 saturated heterocycles. The van der Waals surface area contributed by atoms with Gasteiger partial charge in [-0.05, 0) is 20.8 Å². The Morgan fingerprint density at radius 1 is 1.41 bits per heavy atom. The number of aromatic nitrogens is 2. The van der Waals surface area contributed by atoms with Gasteiger partial charge in [0.15, 0.2) is 6.10 Å².